The molecule has 0 fully saturated rings. The summed E-state index contributed by atoms with van der Waals surface area (Å²) in [5, 5.41) is 4.74. The first-order valence-electron chi connectivity index (χ1n) is 21.4. The van der Waals surface area contributed by atoms with Crippen LogP contribution in [0.5, 0.6) is 0 Å². The van der Waals surface area contributed by atoms with E-state index >= 15 is 0 Å². The highest BCUT2D eigenvalue weighted by Crippen LogP contribution is 2.44. The van der Waals surface area contributed by atoms with Gasteiger partial charge in [-0.25, -0.2) is 14.8 Å². The van der Waals surface area contributed by atoms with E-state index in [4.69, 9.17) is 18.2 Å². The van der Waals surface area contributed by atoms with Crippen LogP contribution in [0.25, 0.3) is 99.9 Å². The minimum atomic E-state index is -2.88. The second-order valence-corrected chi connectivity index (χ2v) is 13.8. The molecule has 0 atom stereocenters. The van der Waals surface area contributed by atoms with Gasteiger partial charge in [0.25, 0.3) is 0 Å². The summed E-state index contributed by atoms with van der Waals surface area (Å²) in [6.07, 6.45) is 0. The number of rotatable bonds is 6. The minimum Gasteiger partial charge on any atom is -0.295 e. The second-order valence-electron chi connectivity index (χ2n) is 13.8. The molecule has 0 aliphatic carbocycles. The molecule has 2 heterocycles. The van der Waals surface area contributed by atoms with Crippen LogP contribution in [-0.2, 0) is 14.0 Å². The maximum Gasteiger partial charge on any atom is 0.328 e. The first-order chi connectivity index (χ1) is 29.9. The van der Waals surface area contributed by atoms with Gasteiger partial charge in [0.2, 0.25) is 0 Å². The van der Waals surface area contributed by atoms with Gasteiger partial charge in [-0.3, -0.25) is 9.13 Å². The molecule has 0 radical (unpaired) electrons. The Bertz CT molecular complexity index is 3320. The van der Waals surface area contributed by atoms with Crippen molar-refractivity contribution in [3.05, 3.63) is 192 Å². The van der Waals surface area contributed by atoms with Gasteiger partial charge in [0, 0.05) is 38.9 Å². The average Bonchev–Trinajstić information content (AvgIpc) is 3.61. The van der Waals surface area contributed by atoms with Gasteiger partial charge < -0.3 is 0 Å². The van der Waals surface area contributed by atoms with E-state index in [9.17, 15) is 4.79 Å². The van der Waals surface area contributed by atoms with Gasteiger partial charge in [-0.2, -0.15) is 0 Å². The topological polar surface area (TPSA) is 52.7 Å². The monoisotopic (exact) mass is 726 g/mol. The van der Waals surface area contributed by atoms with Crippen LogP contribution >= 0.6 is 0 Å². The molecule has 0 saturated heterocycles. The van der Waals surface area contributed by atoms with Crippen molar-refractivity contribution < 1.29 is 8.22 Å². The van der Waals surface area contributed by atoms with Crippen molar-refractivity contribution in [1.29, 1.82) is 0 Å². The SMILES string of the molecule is [2H]C([2H])([2H])n1c(=O)n(C([2H])([2H])[2H])c2cc(-c3ccc(-c4cc(-c5ccc(-c6c7ccccc7c(-c7ccccc7)c7ccccc67)cc5)nc(-c5ccccc5)n4)cc3)ccc21. The fourth-order valence-electron chi connectivity index (χ4n) is 7.83. The van der Waals surface area contributed by atoms with Crippen molar-refractivity contribution >= 4 is 32.6 Å². The summed E-state index contributed by atoms with van der Waals surface area (Å²) in [6, 6.07) is 60.5. The summed E-state index contributed by atoms with van der Waals surface area (Å²) in [7, 11) is 0. The van der Waals surface area contributed by atoms with Gasteiger partial charge in [-0.15, -0.1) is 0 Å². The fourth-order valence-corrected chi connectivity index (χ4v) is 7.83. The van der Waals surface area contributed by atoms with E-state index in [-0.39, 0.29) is 11.0 Å². The van der Waals surface area contributed by atoms with Crippen LogP contribution in [0.3, 0.4) is 0 Å². The van der Waals surface area contributed by atoms with Crippen LogP contribution < -0.4 is 5.69 Å². The first-order valence-corrected chi connectivity index (χ1v) is 18.4. The van der Waals surface area contributed by atoms with Crippen molar-refractivity contribution in [3.63, 3.8) is 0 Å². The third-order valence-electron chi connectivity index (χ3n) is 10.6. The molecule has 0 bridgehead atoms. The first kappa shape index (κ1) is 27.2. The summed E-state index contributed by atoms with van der Waals surface area (Å²) in [6.45, 7) is -5.74. The second kappa shape index (κ2) is 13.5. The van der Waals surface area contributed by atoms with Crippen LogP contribution in [0.15, 0.2) is 187 Å². The Balaban J connectivity index is 1.05. The van der Waals surface area contributed by atoms with Crippen LogP contribution in [0.4, 0.5) is 0 Å². The molecule has 0 unspecified atom stereocenters. The molecule has 0 aliphatic heterocycles. The number of hydrogen-bond acceptors (Lipinski definition) is 3. The van der Waals surface area contributed by atoms with E-state index in [2.05, 4.69) is 97.1 Å². The molecule has 266 valence electrons. The van der Waals surface area contributed by atoms with E-state index in [0.717, 1.165) is 33.5 Å². The number of imidazole rings is 1. The van der Waals surface area contributed by atoms with E-state index in [1.165, 1.54) is 44.3 Å². The van der Waals surface area contributed by atoms with Crippen molar-refractivity contribution in [3.8, 4) is 67.3 Å². The summed E-state index contributed by atoms with van der Waals surface area (Å²) in [4.78, 5) is 23.2. The Kier molecular flexibility index (Phi) is 6.56. The molecule has 10 rings (SSSR count). The predicted octanol–water partition coefficient (Wildman–Crippen LogP) is 12.0. The van der Waals surface area contributed by atoms with Crippen molar-refractivity contribution in [2.75, 3.05) is 0 Å². The van der Waals surface area contributed by atoms with Gasteiger partial charge in [-0.1, -0.05) is 164 Å². The summed E-state index contributed by atoms with van der Waals surface area (Å²) in [5.41, 5.74) is 9.04. The predicted molar refractivity (Wildman–Crippen MR) is 231 cm³/mol. The molecule has 8 aromatic carbocycles. The van der Waals surface area contributed by atoms with Crippen LogP contribution in [0.1, 0.15) is 8.22 Å². The molecule has 10 aromatic rings. The quantitative estimate of drug-likeness (QED) is 0.160. The standard InChI is InChI=1S/C51H36N4O/c1-54-46-30-29-39(31-47(46)55(2)51(54)56)33-21-23-34(24-22-33)44-32-45(53-50(52-44)38-15-7-4-8-16-38)35-25-27-37(28-26-35)49-42-19-11-9-17-40(42)48(36-13-5-3-6-14-36)41-18-10-12-20-43(41)49/h3-32H,1-2H3/i1D3,2D3. The lowest BCUT2D eigenvalue weighted by atomic mass is 9.86. The van der Waals surface area contributed by atoms with Gasteiger partial charge in [0.15, 0.2) is 5.82 Å². The molecule has 56 heavy (non-hydrogen) atoms. The third-order valence-corrected chi connectivity index (χ3v) is 10.6. The minimum absolute atomic E-state index is 0.0113. The number of aromatic nitrogens is 4. The van der Waals surface area contributed by atoms with Crippen molar-refractivity contribution in [2.45, 2.75) is 0 Å². The van der Waals surface area contributed by atoms with Gasteiger partial charge in [0.05, 0.1) is 22.4 Å². The molecule has 0 saturated carbocycles. The number of fused-ring (bicyclic) bond motifs is 3. The molecule has 5 heteroatoms. The summed E-state index contributed by atoms with van der Waals surface area (Å²) >= 11 is 0. The maximum absolute atomic E-state index is 13.1. The van der Waals surface area contributed by atoms with Crippen LogP contribution in [0.2, 0.25) is 0 Å². The third kappa shape index (κ3) is 5.60. The molecule has 0 N–H and O–H groups in total. The zero-order valence-electron chi connectivity index (χ0n) is 36.0. The maximum atomic E-state index is 13.1. The molecule has 0 amide bonds. The van der Waals surface area contributed by atoms with E-state index in [1.807, 2.05) is 66.7 Å². The highest BCUT2D eigenvalue weighted by molar-refractivity contribution is 6.21. The Morgan fingerprint density at radius 1 is 0.393 bits per heavy atom. The highest BCUT2D eigenvalue weighted by atomic mass is 16.1. The van der Waals surface area contributed by atoms with Gasteiger partial charge in [-0.05, 0) is 73.1 Å². The molecular formula is C51H36N4O. The van der Waals surface area contributed by atoms with Crippen LogP contribution in [0, 0.1) is 0 Å². The zero-order chi connectivity index (χ0) is 42.8. The van der Waals surface area contributed by atoms with E-state index < -0.39 is 19.6 Å². The number of aryl methyl sites for hydroxylation is 2. The van der Waals surface area contributed by atoms with Gasteiger partial charge in [0.1, 0.15) is 0 Å². The lowest BCUT2D eigenvalue weighted by Gasteiger charge is -2.18. The Labute approximate surface area is 332 Å². The lowest BCUT2D eigenvalue weighted by molar-refractivity contribution is 0.795. The Morgan fingerprint density at radius 3 is 1.32 bits per heavy atom. The Hall–Kier alpha value is -7.37. The normalized spacial score (nSPS) is 13.5. The fraction of sp³-hybridized carbons (Fsp3) is 0.0392. The zero-order valence-corrected chi connectivity index (χ0v) is 30.0. The lowest BCUT2D eigenvalue weighted by Crippen LogP contribution is -2.19. The number of nitrogens with zero attached hydrogens (tertiary/aromatic N) is 4. The Morgan fingerprint density at radius 2 is 0.804 bits per heavy atom. The van der Waals surface area contributed by atoms with Crippen LogP contribution in [-0.4, -0.2) is 19.1 Å². The molecule has 0 aliphatic rings. The molecule has 0 spiro atoms. The summed E-state index contributed by atoms with van der Waals surface area (Å²) < 4.78 is 48.8. The van der Waals surface area contributed by atoms with Crippen molar-refractivity contribution in [2.24, 2.45) is 14.0 Å². The van der Waals surface area contributed by atoms with Gasteiger partial charge >= 0.3 is 5.69 Å². The number of benzene rings is 8. The van der Waals surface area contributed by atoms with E-state index in [1.54, 1.807) is 12.1 Å². The molecule has 5 nitrogen and oxygen atoms in total. The van der Waals surface area contributed by atoms with Crippen molar-refractivity contribution in [1.82, 2.24) is 19.1 Å². The molecular weight excluding hydrogens is 685 g/mol. The summed E-state index contributed by atoms with van der Waals surface area (Å²) in [5.74, 6) is 0.576. The average molecular weight is 727 g/mol. The molecule has 2 aromatic heterocycles. The highest BCUT2D eigenvalue weighted by Gasteiger charge is 2.17. The van der Waals surface area contributed by atoms with E-state index in [0.29, 0.717) is 26.2 Å². The number of hydrogen-bond donors (Lipinski definition) is 0. The smallest absolute Gasteiger partial charge is 0.295 e. The largest absolute Gasteiger partial charge is 0.328 e.